The van der Waals surface area contributed by atoms with Gasteiger partial charge in [-0.25, -0.2) is 4.79 Å². The van der Waals surface area contributed by atoms with Crippen LogP contribution in [0, 0.1) is 5.92 Å². The molecule has 3 amide bonds. The molecule has 6 heteroatoms. The summed E-state index contributed by atoms with van der Waals surface area (Å²) in [6.45, 7) is 6.66. The number of anilines is 1. The number of benzene rings is 1. The number of nitrogens with zero attached hydrogens (tertiary/aromatic N) is 2. The molecule has 1 unspecified atom stereocenters. The van der Waals surface area contributed by atoms with Gasteiger partial charge in [0.1, 0.15) is 11.9 Å². The number of hydrogen-bond acceptors (Lipinski definition) is 3. The third-order valence-corrected chi connectivity index (χ3v) is 5.21. The van der Waals surface area contributed by atoms with E-state index < -0.39 is 0 Å². The largest absolute Gasteiger partial charge is 0.486 e. The van der Waals surface area contributed by atoms with E-state index in [2.05, 4.69) is 12.2 Å². The third-order valence-electron chi connectivity index (χ3n) is 5.21. The van der Waals surface area contributed by atoms with Gasteiger partial charge < -0.3 is 15.0 Å². The van der Waals surface area contributed by atoms with E-state index in [-0.39, 0.29) is 24.0 Å². The number of urea groups is 1. The monoisotopic (exact) mass is 359 g/mol. The number of para-hydroxylation sites is 2. The Morgan fingerprint density at radius 3 is 2.62 bits per heavy atom. The second-order valence-corrected chi connectivity index (χ2v) is 7.06. The fourth-order valence-electron chi connectivity index (χ4n) is 3.59. The first-order chi connectivity index (χ1) is 12.6. The minimum Gasteiger partial charge on any atom is -0.486 e. The smallest absolute Gasteiger partial charge is 0.324 e. The first kappa shape index (κ1) is 18.5. The average Bonchev–Trinajstić information content (AvgIpc) is 2.70. The molecule has 26 heavy (non-hydrogen) atoms. The van der Waals surface area contributed by atoms with Crippen molar-refractivity contribution in [3.05, 3.63) is 24.3 Å². The van der Waals surface area contributed by atoms with Crippen LogP contribution in [-0.2, 0) is 4.79 Å². The van der Waals surface area contributed by atoms with Crippen LogP contribution in [0.5, 0.6) is 5.75 Å². The van der Waals surface area contributed by atoms with Gasteiger partial charge in [-0.2, -0.15) is 0 Å². The summed E-state index contributed by atoms with van der Waals surface area (Å²) in [4.78, 5) is 29.0. The van der Waals surface area contributed by atoms with Crippen LogP contribution in [0.2, 0.25) is 0 Å². The lowest BCUT2D eigenvalue weighted by atomic mass is 9.96. The summed E-state index contributed by atoms with van der Waals surface area (Å²) in [6, 6.07) is 7.73. The van der Waals surface area contributed by atoms with E-state index in [4.69, 9.17) is 4.74 Å². The highest BCUT2D eigenvalue weighted by Gasteiger charge is 2.34. The van der Waals surface area contributed by atoms with Crippen LogP contribution in [0.4, 0.5) is 10.5 Å². The van der Waals surface area contributed by atoms with Crippen molar-refractivity contribution in [2.75, 3.05) is 31.1 Å². The highest BCUT2D eigenvalue weighted by atomic mass is 16.5. The molecule has 2 heterocycles. The maximum atomic E-state index is 13.1. The SMILES string of the molecule is CCCNC(=O)C1CCN(C(=O)N2CC(CC)Oc3ccccc32)CC1. The molecule has 1 atom stereocenters. The van der Waals surface area contributed by atoms with Gasteiger partial charge in [0.15, 0.2) is 0 Å². The van der Waals surface area contributed by atoms with Crippen molar-refractivity contribution in [1.82, 2.24) is 10.2 Å². The Kier molecular flexibility index (Phi) is 6.01. The number of piperidine rings is 1. The topological polar surface area (TPSA) is 61.9 Å². The van der Waals surface area contributed by atoms with Gasteiger partial charge in [-0.15, -0.1) is 0 Å². The molecule has 0 saturated carbocycles. The highest BCUT2D eigenvalue weighted by Crippen LogP contribution is 2.34. The van der Waals surface area contributed by atoms with E-state index >= 15 is 0 Å². The van der Waals surface area contributed by atoms with Crippen molar-refractivity contribution in [1.29, 1.82) is 0 Å². The van der Waals surface area contributed by atoms with Gasteiger partial charge in [-0.05, 0) is 37.8 Å². The molecule has 0 aromatic heterocycles. The first-order valence-corrected chi connectivity index (χ1v) is 9.73. The zero-order chi connectivity index (χ0) is 18.5. The highest BCUT2D eigenvalue weighted by molar-refractivity contribution is 5.94. The minimum atomic E-state index is 0.0194. The molecule has 2 aliphatic heterocycles. The van der Waals surface area contributed by atoms with Gasteiger partial charge in [0.05, 0.1) is 12.2 Å². The molecule has 2 aliphatic rings. The van der Waals surface area contributed by atoms with Gasteiger partial charge in [-0.1, -0.05) is 26.0 Å². The number of nitrogens with one attached hydrogen (secondary N) is 1. The van der Waals surface area contributed by atoms with Crippen LogP contribution < -0.4 is 15.0 Å². The molecule has 1 N–H and O–H groups in total. The molecular formula is C20H29N3O3. The lowest BCUT2D eigenvalue weighted by Crippen LogP contribution is -2.52. The fraction of sp³-hybridized carbons (Fsp3) is 0.600. The van der Waals surface area contributed by atoms with Crippen LogP contribution in [0.25, 0.3) is 0 Å². The number of ether oxygens (including phenoxy) is 1. The Balaban J connectivity index is 1.64. The van der Waals surface area contributed by atoms with Gasteiger partial charge in [-0.3, -0.25) is 9.69 Å². The van der Waals surface area contributed by atoms with Gasteiger partial charge in [0, 0.05) is 25.6 Å². The Morgan fingerprint density at radius 2 is 1.92 bits per heavy atom. The predicted octanol–water partition coefficient (Wildman–Crippen LogP) is 3.02. The summed E-state index contributed by atoms with van der Waals surface area (Å²) in [5, 5.41) is 2.97. The standard InChI is InChI=1S/C20H29N3O3/c1-3-11-21-19(24)15-9-12-22(13-10-15)20(25)23-14-16(4-2)26-18-8-6-5-7-17(18)23/h5-8,15-16H,3-4,9-14H2,1-2H3,(H,21,24). The summed E-state index contributed by atoms with van der Waals surface area (Å²) in [5.41, 5.74) is 0.838. The van der Waals surface area contributed by atoms with E-state index in [1.807, 2.05) is 41.0 Å². The quantitative estimate of drug-likeness (QED) is 0.899. The summed E-state index contributed by atoms with van der Waals surface area (Å²) >= 11 is 0. The van der Waals surface area contributed by atoms with Crippen LogP contribution in [0.1, 0.15) is 39.5 Å². The molecule has 1 fully saturated rings. The number of fused-ring (bicyclic) bond motifs is 1. The summed E-state index contributed by atoms with van der Waals surface area (Å²) < 4.78 is 5.97. The van der Waals surface area contributed by atoms with Crippen molar-refractivity contribution < 1.29 is 14.3 Å². The molecule has 0 radical (unpaired) electrons. The molecule has 1 saturated heterocycles. The van der Waals surface area contributed by atoms with Crippen LogP contribution in [0.3, 0.4) is 0 Å². The molecule has 0 aliphatic carbocycles. The second kappa shape index (κ2) is 8.43. The van der Waals surface area contributed by atoms with Crippen molar-refractivity contribution in [2.45, 2.75) is 45.6 Å². The summed E-state index contributed by atoms with van der Waals surface area (Å²) in [5.74, 6) is 0.917. The molecule has 1 aromatic rings. The lowest BCUT2D eigenvalue weighted by Gasteiger charge is -2.39. The first-order valence-electron chi connectivity index (χ1n) is 9.73. The van der Waals surface area contributed by atoms with Crippen molar-refractivity contribution in [2.24, 2.45) is 5.92 Å². The predicted molar refractivity (Wildman–Crippen MR) is 101 cm³/mol. The Labute approximate surface area is 155 Å². The Morgan fingerprint density at radius 1 is 1.19 bits per heavy atom. The fourth-order valence-corrected chi connectivity index (χ4v) is 3.59. The van der Waals surface area contributed by atoms with Crippen LogP contribution >= 0.6 is 0 Å². The average molecular weight is 359 g/mol. The van der Waals surface area contributed by atoms with Gasteiger partial charge in [0.25, 0.3) is 0 Å². The van der Waals surface area contributed by atoms with Crippen molar-refractivity contribution in [3.63, 3.8) is 0 Å². The number of likely N-dealkylation sites (tertiary alicyclic amines) is 1. The maximum absolute atomic E-state index is 13.1. The normalized spacial score (nSPS) is 20.3. The maximum Gasteiger partial charge on any atom is 0.324 e. The van der Waals surface area contributed by atoms with Gasteiger partial charge in [0.2, 0.25) is 5.91 Å². The molecule has 0 bridgehead atoms. The minimum absolute atomic E-state index is 0.0194. The number of amides is 3. The van der Waals surface area contributed by atoms with Gasteiger partial charge >= 0.3 is 6.03 Å². The second-order valence-electron chi connectivity index (χ2n) is 7.06. The zero-order valence-electron chi connectivity index (χ0n) is 15.7. The zero-order valence-corrected chi connectivity index (χ0v) is 15.7. The third kappa shape index (κ3) is 3.94. The molecule has 0 spiro atoms. The lowest BCUT2D eigenvalue weighted by molar-refractivity contribution is -0.126. The molecule has 1 aromatic carbocycles. The van der Waals surface area contributed by atoms with Crippen molar-refractivity contribution in [3.8, 4) is 5.75 Å². The van der Waals surface area contributed by atoms with Crippen LogP contribution in [0.15, 0.2) is 24.3 Å². The van der Waals surface area contributed by atoms with Crippen molar-refractivity contribution >= 4 is 17.6 Å². The Hall–Kier alpha value is -2.24. The van der Waals surface area contributed by atoms with E-state index in [0.29, 0.717) is 19.6 Å². The van der Waals surface area contributed by atoms with E-state index in [1.165, 1.54) is 0 Å². The van der Waals surface area contributed by atoms with E-state index in [0.717, 1.165) is 43.7 Å². The summed E-state index contributed by atoms with van der Waals surface area (Å²) in [6.07, 6.45) is 3.27. The molecule has 142 valence electrons. The Bertz CT molecular complexity index is 641. The molecule has 6 nitrogen and oxygen atoms in total. The number of hydrogen-bond donors (Lipinski definition) is 1. The summed E-state index contributed by atoms with van der Waals surface area (Å²) in [7, 11) is 0. The molecule has 3 rings (SSSR count). The number of rotatable bonds is 4. The number of carbonyl (C=O) groups is 2. The van der Waals surface area contributed by atoms with E-state index in [1.54, 1.807) is 0 Å². The van der Waals surface area contributed by atoms with Crippen LogP contribution in [-0.4, -0.2) is 49.1 Å². The number of carbonyl (C=O) groups excluding carboxylic acids is 2. The molecular weight excluding hydrogens is 330 g/mol. The van der Waals surface area contributed by atoms with E-state index in [9.17, 15) is 9.59 Å².